The molecule has 84 valence electrons. The van der Waals surface area contributed by atoms with E-state index in [1.807, 2.05) is 0 Å². The number of imidazole rings is 1. The van der Waals surface area contributed by atoms with Crippen molar-refractivity contribution in [1.82, 2.24) is 20.1 Å². The topological polar surface area (TPSA) is 105 Å². The molecule has 2 aromatic heterocycles. The Morgan fingerprint density at radius 3 is 3.19 bits per heavy atom. The molecule has 0 atom stereocenters. The predicted molar refractivity (Wildman–Crippen MR) is 55.7 cm³/mol. The number of carbonyl (C=O) groups is 1. The summed E-state index contributed by atoms with van der Waals surface area (Å²) in [5.74, 6) is 0.806. The molecular formula is C8H8N4O3S. The molecule has 0 radical (unpaired) electrons. The van der Waals surface area contributed by atoms with E-state index in [1.165, 1.54) is 11.8 Å². The second-order valence-electron chi connectivity index (χ2n) is 2.84. The average molecular weight is 240 g/mol. The molecule has 7 nitrogen and oxygen atoms in total. The lowest BCUT2D eigenvalue weighted by Gasteiger charge is -1.90. The van der Waals surface area contributed by atoms with Crippen LogP contribution < -0.4 is 0 Å². The van der Waals surface area contributed by atoms with Crippen molar-refractivity contribution >= 4 is 17.7 Å². The molecule has 0 aliphatic heterocycles. The molecule has 0 aromatic carbocycles. The van der Waals surface area contributed by atoms with Gasteiger partial charge in [0.15, 0.2) is 5.82 Å². The maximum Gasteiger partial charge on any atom is 0.313 e. The first-order valence-corrected chi connectivity index (χ1v) is 5.53. The maximum absolute atomic E-state index is 10.3. The highest BCUT2D eigenvalue weighted by Crippen LogP contribution is 2.14. The van der Waals surface area contributed by atoms with Gasteiger partial charge in [-0.15, -0.1) is 11.8 Å². The minimum atomic E-state index is -0.865. The van der Waals surface area contributed by atoms with Crippen molar-refractivity contribution in [3.05, 3.63) is 18.3 Å². The van der Waals surface area contributed by atoms with Crippen LogP contribution in [0.3, 0.4) is 0 Å². The lowest BCUT2D eigenvalue weighted by Crippen LogP contribution is -1.98. The van der Waals surface area contributed by atoms with Gasteiger partial charge in [0.05, 0.1) is 11.5 Å². The Labute approximate surface area is 94.3 Å². The number of aromatic nitrogens is 4. The van der Waals surface area contributed by atoms with Gasteiger partial charge in [-0.05, 0) is 0 Å². The van der Waals surface area contributed by atoms with E-state index in [-0.39, 0.29) is 5.75 Å². The lowest BCUT2D eigenvalue weighted by molar-refractivity contribution is -0.133. The molecule has 0 aliphatic carbocycles. The molecular weight excluding hydrogens is 232 g/mol. The van der Waals surface area contributed by atoms with Crippen LogP contribution in [0, 0.1) is 0 Å². The quantitative estimate of drug-likeness (QED) is 0.795. The number of carboxylic acids is 1. The first kappa shape index (κ1) is 10.7. The van der Waals surface area contributed by atoms with E-state index in [9.17, 15) is 4.79 Å². The summed E-state index contributed by atoms with van der Waals surface area (Å²) in [4.78, 5) is 21.2. The van der Waals surface area contributed by atoms with Gasteiger partial charge >= 0.3 is 5.97 Å². The van der Waals surface area contributed by atoms with Gasteiger partial charge in [-0.1, -0.05) is 5.16 Å². The molecule has 0 fully saturated rings. The van der Waals surface area contributed by atoms with Crippen molar-refractivity contribution in [3.8, 4) is 11.6 Å². The van der Waals surface area contributed by atoms with Crippen LogP contribution in [0.15, 0.2) is 16.9 Å². The number of nitrogens with zero attached hydrogens (tertiary/aromatic N) is 3. The van der Waals surface area contributed by atoms with Crippen molar-refractivity contribution in [1.29, 1.82) is 0 Å². The summed E-state index contributed by atoms with van der Waals surface area (Å²) in [7, 11) is 0. The van der Waals surface area contributed by atoms with Crippen LogP contribution >= 0.6 is 11.8 Å². The number of aromatic amines is 1. The minimum absolute atomic E-state index is 0.0124. The smallest absolute Gasteiger partial charge is 0.313 e. The lowest BCUT2D eigenvalue weighted by atomic mass is 10.6. The fourth-order valence-electron chi connectivity index (χ4n) is 1.02. The van der Waals surface area contributed by atoms with Crippen LogP contribution in [0.4, 0.5) is 0 Å². The van der Waals surface area contributed by atoms with Gasteiger partial charge in [-0.25, -0.2) is 4.98 Å². The SMILES string of the molecule is O=C(O)CSCc1nc(-c2ncc[nH]2)no1. The van der Waals surface area contributed by atoms with Gasteiger partial charge in [0, 0.05) is 12.4 Å². The number of aliphatic carboxylic acids is 1. The highest BCUT2D eigenvalue weighted by Gasteiger charge is 2.10. The van der Waals surface area contributed by atoms with Crippen molar-refractivity contribution in [2.75, 3.05) is 5.75 Å². The molecule has 2 N–H and O–H groups in total. The molecule has 8 heteroatoms. The van der Waals surface area contributed by atoms with Crippen LogP contribution in [-0.2, 0) is 10.5 Å². The molecule has 0 unspecified atom stereocenters. The first-order valence-electron chi connectivity index (χ1n) is 4.37. The third kappa shape index (κ3) is 2.60. The molecule has 0 saturated heterocycles. The van der Waals surface area contributed by atoms with Crippen LogP contribution in [0.2, 0.25) is 0 Å². The van der Waals surface area contributed by atoms with Crippen LogP contribution in [0.1, 0.15) is 5.89 Å². The highest BCUT2D eigenvalue weighted by molar-refractivity contribution is 7.99. The van der Waals surface area contributed by atoms with E-state index in [0.717, 1.165) is 0 Å². The molecule has 0 amide bonds. The van der Waals surface area contributed by atoms with E-state index < -0.39 is 5.97 Å². The van der Waals surface area contributed by atoms with Crippen LogP contribution in [0.25, 0.3) is 11.6 Å². The maximum atomic E-state index is 10.3. The number of thioether (sulfide) groups is 1. The fourth-order valence-corrected chi connectivity index (χ4v) is 1.59. The number of hydrogen-bond donors (Lipinski definition) is 2. The predicted octanol–water partition coefficient (Wildman–Crippen LogP) is 0.777. The van der Waals surface area contributed by atoms with E-state index in [2.05, 4.69) is 20.1 Å². The van der Waals surface area contributed by atoms with Crippen LogP contribution in [0.5, 0.6) is 0 Å². The van der Waals surface area contributed by atoms with Crippen LogP contribution in [-0.4, -0.2) is 36.9 Å². The fraction of sp³-hybridized carbons (Fsp3) is 0.250. The van der Waals surface area contributed by atoms with Gasteiger partial charge in [0.25, 0.3) is 0 Å². The van der Waals surface area contributed by atoms with Crippen molar-refractivity contribution < 1.29 is 14.4 Å². The second-order valence-corrected chi connectivity index (χ2v) is 3.82. The number of hydrogen-bond acceptors (Lipinski definition) is 6. The molecule has 2 rings (SSSR count). The molecule has 0 aliphatic rings. The zero-order valence-corrected chi connectivity index (χ0v) is 8.90. The summed E-state index contributed by atoms with van der Waals surface area (Å²) in [5.41, 5.74) is 0. The van der Waals surface area contributed by atoms with Gasteiger partial charge < -0.3 is 14.6 Å². The Balaban J connectivity index is 1.95. The van der Waals surface area contributed by atoms with E-state index in [4.69, 9.17) is 9.63 Å². The van der Waals surface area contributed by atoms with E-state index in [1.54, 1.807) is 12.4 Å². The summed E-state index contributed by atoms with van der Waals surface area (Å²) >= 11 is 1.20. The van der Waals surface area contributed by atoms with Gasteiger partial charge in [0.2, 0.25) is 11.7 Å². The third-order valence-electron chi connectivity index (χ3n) is 1.63. The van der Waals surface area contributed by atoms with E-state index >= 15 is 0 Å². The Bertz CT molecular complexity index is 467. The minimum Gasteiger partial charge on any atom is -0.481 e. The molecule has 0 bridgehead atoms. The molecule has 2 heterocycles. The average Bonchev–Trinajstić information content (AvgIpc) is 2.85. The van der Waals surface area contributed by atoms with E-state index in [0.29, 0.717) is 23.3 Å². The largest absolute Gasteiger partial charge is 0.481 e. The second kappa shape index (κ2) is 4.79. The zero-order chi connectivity index (χ0) is 11.4. The Hall–Kier alpha value is -1.83. The molecule has 2 aromatic rings. The highest BCUT2D eigenvalue weighted by atomic mass is 32.2. The summed E-state index contributed by atoms with van der Waals surface area (Å²) in [6, 6.07) is 0. The normalized spacial score (nSPS) is 10.5. The standard InChI is InChI=1S/C8H8N4O3S/c13-6(14)4-16-3-5-11-8(12-15-5)7-9-1-2-10-7/h1-2H,3-4H2,(H,9,10)(H,13,14). The van der Waals surface area contributed by atoms with Gasteiger partial charge in [0.1, 0.15) is 0 Å². The Morgan fingerprint density at radius 2 is 2.50 bits per heavy atom. The van der Waals surface area contributed by atoms with Gasteiger partial charge in [-0.2, -0.15) is 4.98 Å². The van der Waals surface area contributed by atoms with Crippen molar-refractivity contribution in [2.45, 2.75) is 5.75 Å². The van der Waals surface area contributed by atoms with Gasteiger partial charge in [-0.3, -0.25) is 4.79 Å². The summed E-state index contributed by atoms with van der Waals surface area (Å²) < 4.78 is 4.94. The summed E-state index contributed by atoms with van der Waals surface area (Å²) in [5, 5.41) is 12.2. The first-order chi connectivity index (χ1) is 7.75. The van der Waals surface area contributed by atoms with Crippen molar-refractivity contribution in [2.24, 2.45) is 0 Å². The van der Waals surface area contributed by atoms with Crippen molar-refractivity contribution in [3.63, 3.8) is 0 Å². The summed E-state index contributed by atoms with van der Waals surface area (Å²) in [6.07, 6.45) is 3.25. The third-order valence-corrected chi connectivity index (χ3v) is 2.53. The Morgan fingerprint density at radius 1 is 1.62 bits per heavy atom. The number of rotatable bonds is 5. The zero-order valence-electron chi connectivity index (χ0n) is 8.08. The Kier molecular flexibility index (Phi) is 3.20. The number of nitrogens with one attached hydrogen (secondary N) is 1. The monoisotopic (exact) mass is 240 g/mol. The molecule has 0 saturated carbocycles. The summed E-state index contributed by atoms with van der Waals surface area (Å²) in [6.45, 7) is 0. The number of H-pyrrole nitrogens is 1. The number of carboxylic acid groups (broad SMARTS) is 1. The molecule has 0 spiro atoms. The molecule has 16 heavy (non-hydrogen) atoms.